The number of hydrogen-bond acceptors (Lipinski definition) is 5. The van der Waals surface area contributed by atoms with Crippen molar-refractivity contribution in [2.75, 3.05) is 11.4 Å². The zero-order valence-corrected chi connectivity index (χ0v) is 29.8. The van der Waals surface area contributed by atoms with Crippen molar-refractivity contribution in [2.24, 2.45) is 0 Å². The molecule has 0 radical (unpaired) electrons. The summed E-state index contributed by atoms with van der Waals surface area (Å²) in [5.41, 5.74) is 3.85. The van der Waals surface area contributed by atoms with Crippen molar-refractivity contribution in [1.82, 2.24) is 4.31 Å². The van der Waals surface area contributed by atoms with E-state index in [9.17, 15) is 40.0 Å². The fourth-order valence-corrected chi connectivity index (χ4v) is 6.89. The SMILES string of the molecule is Cc1ccc(CN(CC(=O)N(Cc2ccc(C(C)C)cc2)c2ccc(C(=O)OCc3ccccc3)cc2)S(=O)(=O)c2c(F)c(F)c(F)c(F)c2F)cc1. The van der Waals surface area contributed by atoms with E-state index in [-0.39, 0.29) is 35.9 Å². The average molecular weight is 751 g/mol. The van der Waals surface area contributed by atoms with E-state index >= 15 is 0 Å². The summed E-state index contributed by atoms with van der Waals surface area (Å²) in [7, 11) is -5.55. The largest absolute Gasteiger partial charge is 0.457 e. The third-order valence-electron chi connectivity index (χ3n) is 8.47. The van der Waals surface area contributed by atoms with Crippen LogP contribution in [0.4, 0.5) is 27.6 Å². The number of hydrogen-bond donors (Lipinski definition) is 0. The van der Waals surface area contributed by atoms with E-state index in [1.54, 1.807) is 55.5 Å². The molecule has 0 unspecified atom stereocenters. The van der Waals surface area contributed by atoms with E-state index in [4.69, 9.17) is 4.74 Å². The molecular formula is C40H35F5N2O5S. The van der Waals surface area contributed by atoms with Crippen molar-refractivity contribution in [3.05, 3.63) is 166 Å². The zero-order chi connectivity index (χ0) is 38.4. The Kier molecular flexibility index (Phi) is 12.1. The lowest BCUT2D eigenvalue weighted by molar-refractivity contribution is -0.119. The molecule has 5 aromatic rings. The van der Waals surface area contributed by atoms with Gasteiger partial charge in [0.05, 0.1) is 18.7 Å². The lowest BCUT2D eigenvalue weighted by atomic mass is 10.0. The Labute approximate surface area is 304 Å². The molecule has 0 heterocycles. The molecule has 53 heavy (non-hydrogen) atoms. The normalized spacial score (nSPS) is 11.6. The Morgan fingerprint density at radius 2 is 1.19 bits per heavy atom. The standard InChI is InChI=1S/C40H35F5N2O5S/c1-25(2)30-15-13-28(14-16-30)22-47(32-19-17-31(18-20-32)40(49)52-24-29-7-5-4-6-8-29)33(48)23-46(21-27-11-9-26(3)10-12-27)53(50,51)39-37(44)35(42)34(41)36(43)38(39)45/h4-20,25H,21-24H2,1-3H3. The molecule has 276 valence electrons. The van der Waals surface area contributed by atoms with Crippen LogP contribution in [0, 0.1) is 36.0 Å². The molecule has 0 aliphatic rings. The van der Waals surface area contributed by atoms with Crippen LogP contribution in [0.15, 0.2) is 108 Å². The van der Waals surface area contributed by atoms with Gasteiger partial charge in [0.15, 0.2) is 28.2 Å². The van der Waals surface area contributed by atoms with E-state index < -0.39 is 69.0 Å². The highest BCUT2D eigenvalue weighted by Gasteiger charge is 2.38. The van der Waals surface area contributed by atoms with Gasteiger partial charge < -0.3 is 9.64 Å². The molecule has 0 bridgehead atoms. The molecule has 7 nitrogen and oxygen atoms in total. The lowest BCUT2D eigenvalue weighted by Crippen LogP contribution is -2.43. The second kappa shape index (κ2) is 16.5. The monoisotopic (exact) mass is 750 g/mol. The number of nitrogens with zero attached hydrogens (tertiary/aromatic N) is 2. The van der Waals surface area contributed by atoms with Crippen LogP contribution in [0.25, 0.3) is 0 Å². The Morgan fingerprint density at radius 3 is 1.75 bits per heavy atom. The summed E-state index contributed by atoms with van der Waals surface area (Å²) in [5.74, 6) is -13.9. The number of anilines is 1. The van der Waals surface area contributed by atoms with Gasteiger partial charge in [-0.3, -0.25) is 4.79 Å². The van der Waals surface area contributed by atoms with Gasteiger partial charge in [0.1, 0.15) is 6.61 Å². The van der Waals surface area contributed by atoms with Crippen molar-refractivity contribution >= 4 is 27.6 Å². The van der Waals surface area contributed by atoms with Crippen LogP contribution >= 0.6 is 0 Å². The van der Waals surface area contributed by atoms with Crippen LogP contribution < -0.4 is 4.90 Å². The molecule has 0 saturated carbocycles. The van der Waals surface area contributed by atoms with Crippen LogP contribution in [0.5, 0.6) is 0 Å². The summed E-state index contributed by atoms with van der Waals surface area (Å²) >= 11 is 0. The van der Waals surface area contributed by atoms with Gasteiger partial charge in [0.25, 0.3) is 0 Å². The van der Waals surface area contributed by atoms with Crippen LogP contribution in [-0.2, 0) is 39.3 Å². The molecule has 0 aliphatic heterocycles. The fraction of sp³-hybridized carbons (Fsp3) is 0.200. The highest BCUT2D eigenvalue weighted by Crippen LogP contribution is 2.31. The minimum absolute atomic E-state index is 0.0206. The first-order chi connectivity index (χ1) is 25.2. The Balaban J connectivity index is 1.51. The molecule has 5 rings (SSSR count). The third kappa shape index (κ3) is 8.98. The van der Waals surface area contributed by atoms with Gasteiger partial charge >= 0.3 is 5.97 Å². The first kappa shape index (κ1) is 38.8. The highest BCUT2D eigenvalue weighted by atomic mass is 32.2. The predicted molar refractivity (Wildman–Crippen MR) is 189 cm³/mol. The third-order valence-corrected chi connectivity index (χ3v) is 10.3. The molecule has 13 heteroatoms. The summed E-state index contributed by atoms with van der Waals surface area (Å²) in [6.07, 6.45) is 0. The first-order valence-electron chi connectivity index (χ1n) is 16.4. The van der Waals surface area contributed by atoms with E-state index in [0.717, 1.165) is 16.7 Å². The fourth-order valence-electron chi connectivity index (χ4n) is 5.40. The number of rotatable bonds is 13. The Bertz CT molecular complexity index is 2170. The number of ether oxygens (including phenoxy) is 1. The van der Waals surface area contributed by atoms with Gasteiger partial charge in [0, 0.05) is 12.2 Å². The number of halogens is 5. The van der Waals surface area contributed by atoms with Crippen molar-refractivity contribution < 1.29 is 44.7 Å². The summed E-state index contributed by atoms with van der Waals surface area (Å²) in [6, 6.07) is 28.3. The maximum Gasteiger partial charge on any atom is 0.338 e. The molecule has 0 saturated heterocycles. The van der Waals surface area contributed by atoms with Crippen LogP contribution in [-0.4, -0.2) is 31.1 Å². The van der Waals surface area contributed by atoms with Gasteiger partial charge in [0.2, 0.25) is 21.7 Å². The Morgan fingerprint density at radius 1 is 0.660 bits per heavy atom. The number of benzene rings is 5. The van der Waals surface area contributed by atoms with Gasteiger partial charge in [-0.1, -0.05) is 98.3 Å². The van der Waals surface area contributed by atoms with Crippen molar-refractivity contribution in [1.29, 1.82) is 0 Å². The van der Waals surface area contributed by atoms with E-state index in [0.29, 0.717) is 9.87 Å². The highest BCUT2D eigenvalue weighted by molar-refractivity contribution is 7.89. The topological polar surface area (TPSA) is 84.0 Å². The van der Waals surface area contributed by atoms with Crippen molar-refractivity contribution in [3.8, 4) is 0 Å². The minimum Gasteiger partial charge on any atom is -0.457 e. The van der Waals surface area contributed by atoms with Gasteiger partial charge in [-0.2, -0.15) is 4.31 Å². The molecule has 0 N–H and O–H groups in total. The Hall–Kier alpha value is -5.40. The van der Waals surface area contributed by atoms with Gasteiger partial charge in [-0.15, -0.1) is 0 Å². The number of carbonyl (C=O) groups is 2. The van der Waals surface area contributed by atoms with Crippen LogP contribution in [0.1, 0.15) is 57.9 Å². The molecule has 1 amide bonds. The first-order valence-corrected chi connectivity index (χ1v) is 17.9. The van der Waals surface area contributed by atoms with Crippen LogP contribution in [0.2, 0.25) is 0 Å². The van der Waals surface area contributed by atoms with E-state index in [1.807, 2.05) is 32.0 Å². The summed E-state index contributed by atoms with van der Waals surface area (Å²) in [6.45, 7) is 3.95. The van der Waals surface area contributed by atoms with Gasteiger partial charge in [-0.25, -0.2) is 35.2 Å². The molecule has 5 aromatic carbocycles. The lowest BCUT2D eigenvalue weighted by Gasteiger charge is -2.28. The second-order valence-corrected chi connectivity index (χ2v) is 14.5. The number of esters is 1. The van der Waals surface area contributed by atoms with Crippen molar-refractivity contribution in [3.63, 3.8) is 0 Å². The summed E-state index contributed by atoms with van der Waals surface area (Å²) in [5, 5.41) is 0. The summed E-state index contributed by atoms with van der Waals surface area (Å²) < 4.78 is 106. The smallest absolute Gasteiger partial charge is 0.338 e. The van der Waals surface area contributed by atoms with Crippen LogP contribution in [0.3, 0.4) is 0 Å². The number of amides is 1. The summed E-state index contributed by atoms with van der Waals surface area (Å²) in [4.78, 5) is 26.1. The van der Waals surface area contributed by atoms with Gasteiger partial charge in [-0.05, 0) is 59.4 Å². The maximum atomic E-state index is 15.0. The van der Waals surface area contributed by atoms with E-state index in [1.165, 1.54) is 41.3 Å². The van der Waals surface area contributed by atoms with Crippen molar-refractivity contribution in [2.45, 2.75) is 51.3 Å². The molecule has 0 spiro atoms. The molecule has 0 atom stereocenters. The number of sulfonamides is 1. The molecular weight excluding hydrogens is 716 g/mol. The molecule has 0 fully saturated rings. The second-order valence-electron chi connectivity index (χ2n) is 12.6. The molecule has 0 aliphatic carbocycles. The number of aryl methyl sites for hydroxylation is 1. The molecule has 0 aromatic heterocycles. The average Bonchev–Trinajstić information content (AvgIpc) is 3.15. The zero-order valence-electron chi connectivity index (χ0n) is 29.0. The van der Waals surface area contributed by atoms with E-state index in [2.05, 4.69) is 0 Å². The minimum atomic E-state index is -5.55. The quantitative estimate of drug-likeness (QED) is 0.0521. The number of carbonyl (C=O) groups excluding carboxylic acids is 2. The predicted octanol–water partition coefficient (Wildman–Crippen LogP) is 8.60. The maximum absolute atomic E-state index is 15.0.